The number of hydrogen-bond donors (Lipinski definition) is 0. The lowest BCUT2D eigenvalue weighted by Gasteiger charge is -2.32. The molecule has 0 aliphatic carbocycles. The number of fused-ring (bicyclic) bond motifs is 3. The molecule has 3 aromatic rings. The van der Waals surface area contributed by atoms with E-state index in [1.54, 1.807) is 13.0 Å². The second kappa shape index (κ2) is 6.48. The van der Waals surface area contributed by atoms with Gasteiger partial charge in [0.05, 0.1) is 27.8 Å². The fourth-order valence-corrected chi connectivity index (χ4v) is 4.23. The van der Waals surface area contributed by atoms with Crippen molar-refractivity contribution in [3.05, 3.63) is 65.9 Å². The van der Waals surface area contributed by atoms with Crippen LogP contribution in [0.15, 0.2) is 37.9 Å². The molecule has 0 unspecified atom stereocenters. The second-order valence-electron chi connectivity index (χ2n) is 6.25. The zero-order chi connectivity index (χ0) is 18.6. The molecule has 0 saturated carbocycles. The number of aryl methyl sites for hydroxylation is 1. The van der Waals surface area contributed by atoms with Gasteiger partial charge in [-0.1, -0.05) is 39.1 Å². The van der Waals surface area contributed by atoms with Crippen molar-refractivity contribution in [3.63, 3.8) is 0 Å². The monoisotopic (exact) mass is 453 g/mol. The van der Waals surface area contributed by atoms with Gasteiger partial charge in [-0.25, -0.2) is 4.79 Å². The van der Waals surface area contributed by atoms with Crippen molar-refractivity contribution in [1.82, 2.24) is 0 Å². The highest BCUT2D eigenvalue weighted by Gasteiger charge is 2.26. The first-order valence-corrected chi connectivity index (χ1v) is 9.50. The van der Waals surface area contributed by atoms with Crippen molar-refractivity contribution in [1.29, 1.82) is 0 Å². The zero-order valence-corrected chi connectivity index (χ0v) is 17.1. The number of anilines is 1. The molecule has 1 aliphatic heterocycles. The van der Waals surface area contributed by atoms with Crippen LogP contribution in [-0.4, -0.2) is 6.73 Å². The van der Waals surface area contributed by atoms with Gasteiger partial charge < -0.3 is 14.1 Å². The summed E-state index contributed by atoms with van der Waals surface area (Å²) in [6.45, 7) is 4.41. The third-order valence-corrected chi connectivity index (χ3v) is 5.79. The van der Waals surface area contributed by atoms with E-state index < -0.39 is 0 Å². The van der Waals surface area contributed by atoms with E-state index in [-0.39, 0.29) is 5.63 Å². The first-order valence-electron chi connectivity index (χ1n) is 7.95. The molecule has 1 aliphatic rings. The van der Waals surface area contributed by atoms with Crippen LogP contribution in [0.4, 0.5) is 5.69 Å². The number of ether oxygens (including phenoxy) is 1. The normalized spacial score (nSPS) is 13.7. The van der Waals surface area contributed by atoms with Crippen molar-refractivity contribution in [2.45, 2.75) is 20.4 Å². The molecular formula is C19H14BrCl2NO3. The maximum atomic E-state index is 12.2. The summed E-state index contributed by atoms with van der Waals surface area (Å²) in [6.07, 6.45) is 0. The molecule has 0 saturated heterocycles. The standard InChI is InChI=1S/C19H14BrCl2NO3/c1-9-10(2)19(24)26-17-12(9)6-15(22)18-13(17)7-23(8-25-18)16-4-3-11(20)5-14(16)21/h3-6H,7-8H2,1-2H3. The molecular weight excluding hydrogens is 441 g/mol. The van der Waals surface area contributed by atoms with Crippen molar-refractivity contribution in [2.75, 3.05) is 11.6 Å². The van der Waals surface area contributed by atoms with Gasteiger partial charge in [-0.05, 0) is 43.7 Å². The Morgan fingerprint density at radius 3 is 2.62 bits per heavy atom. The summed E-state index contributed by atoms with van der Waals surface area (Å²) >= 11 is 16.2. The fraction of sp³-hybridized carbons (Fsp3) is 0.211. The Morgan fingerprint density at radius 2 is 1.88 bits per heavy atom. The largest absolute Gasteiger partial charge is 0.471 e. The van der Waals surface area contributed by atoms with Crippen LogP contribution < -0.4 is 15.3 Å². The number of halogens is 3. The molecule has 1 aromatic heterocycles. The van der Waals surface area contributed by atoms with E-state index in [1.165, 1.54) is 0 Å². The Labute approximate surface area is 168 Å². The Hall–Kier alpha value is -1.69. The zero-order valence-electron chi connectivity index (χ0n) is 14.0. The molecule has 0 atom stereocenters. The molecule has 0 bridgehead atoms. The lowest BCUT2D eigenvalue weighted by molar-refractivity contribution is 0.289. The molecule has 4 nitrogen and oxygen atoms in total. The Kier molecular flexibility index (Phi) is 4.41. The number of nitrogens with zero attached hydrogens (tertiary/aromatic N) is 1. The number of hydrogen-bond acceptors (Lipinski definition) is 4. The van der Waals surface area contributed by atoms with Gasteiger partial charge in [-0.15, -0.1) is 0 Å². The Bertz CT molecular complexity index is 1110. The molecule has 7 heteroatoms. The smallest absolute Gasteiger partial charge is 0.339 e. The summed E-state index contributed by atoms with van der Waals surface area (Å²) in [7, 11) is 0. The molecule has 4 rings (SSSR count). The van der Waals surface area contributed by atoms with Crippen molar-refractivity contribution < 1.29 is 9.15 Å². The average molecular weight is 455 g/mol. The van der Waals surface area contributed by atoms with E-state index in [1.807, 2.05) is 30.0 Å². The molecule has 2 heterocycles. The van der Waals surface area contributed by atoms with Gasteiger partial charge in [0, 0.05) is 15.4 Å². The van der Waals surface area contributed by atoms with Crippen LogP contribution in [0, 0.1) is 13.8 Å². The molecule has 0 N–H and O–H groups in total. The lowest BCUT2D eigenvalue weighted by atomic mass is 10.0. The molecule has 0 radical (unpaired) electrons. The number of benzene rings is 2. The van der Waals surface area contributed by atoms with Crippen LogP contribution in [0.1, 0.15) is 16.7 Å². The van der Waals surface area contributed by atoms with Gasteiger partial charge in [-0.2, -0.15) is 0 Å². The summed E-state index contributed by atoms with van der Waals surface area (Å²) in [5.74, 6) is 0.551. The molecule has 134 valence electrons. The van der Waals surface area contributed by atoms with E-state index in [9.17, 15) is 4.79 Å². The summed E-state index contributed by atoms with van der Waals surface area (Å²) in [5.41, 5.74) is 3.18. The van der Waals surface area contributed by atoms with Crippen molar-refractivity contribution >= 4 is 55.8 Å². The van der Waals surface area contributed by atoms with E-state index in [0.29, 0.717) is 40.2 Å². The van der Waals surface area contributed by atoms with E-state index in [4.69, 9.17) is 32.4 Å². The molecule has 0 amide bonds. The highest BCUT2D eigenvalue weighted by atomic mass is 79.9. The fourth-order valence-electron chi connectivity index (χ4n) is 3.16. The van der Waals surface area contributed by atoms with Crippen molar-refractivity contribution in [2.24, 2.45) is 0 Å². The van der Waals surface area contributed by atoms with E-state index in [2.05, 4.69) is 15.9 Å². The Morgan fingerprint density at radius 1 is 1.12 bits per heavy atom. The minimum absolute atomic E-state index is 0.300. The topological polar surface area (TPSA) is 42.7 Å². The number of rotatable bonds is 1. The summed E-state index contributed by atoms with van der Waals surface area (Å²) in [5, 5.41) is 1.93. The maximum Gasteiger partial charge on any atom is 0.339 e. The van der Waals surface area contributed by atoms with Crippen LogP contribution in [0.5, 0.6) is 5.75 Å². The molecule has 0 spiro atoms. The quantitative estimate of drug-likeness (QED) is 0.433. The third kappa shape index (κ3) is 2.79. The predicted octanol–water partition coefficient (Wildman–Crippen LogP) is 5.84. The van der Waals surface area contributed by atoms with Gasteiger partial charge in [0.15, 0.2) is 6.73 Å². The maximum absolute atomic E-state index is 12.2. The van der Waals surface area contributed by atoms with Gasteiger partial charge in [0.25, 0.3) is 0 Å². The van der Waals surface area contributed by atoms with E-state index >= 15 is 0 Å². The van der Waals surface area contributed by atoms with Crippen LogP contribution in [0.2, 0.25) is 10.0 Å². The van der Waals surface area contributed by atoms with Crippen LogP contribution in [0.3, 0.4) is 0 Å². The van der Waals surface area contributed by atoms with Crippen LogP contribution >= 0.6 is 39.1 Å². The minimum atomic E-state index is -0.349. The van der Waals surface area contributed by atoms with Gasteiger partial charge in [0.1, 0.15) is 11.3 Å². The highest BCUT2D eigenvalue weighted by Crippen LogP contribution is 2.41. The first kappa shape index (κ1) is 17.7. The average Bonchev–Trinajstić information content (AvgIpc) is 2.61. The third-order valence-electron chi connectivity index (χ3n) is 4.71. The van der Waals surface area contributed by atoms with Gasteiger partial charge >= 0.3 is 5.63 Å². The van der Waals surface area contributed by atoms with Gasteiger partial charge in [-0.3, -0.25) is 0 Å². The van der Waals surface area contributed by atoms with Crippen molar-refractivity contribution in [3.8, 4) is 5.75 Å². The van der Waals surface area contributed by atoms with Crippen LogP contribution in [-0.2, 0) is 6.54 Å². The molecule has 0 fully saturated rings. The van der Waals surface area contributed by atoms with E-state index in [0.717, 1.165) is 26.7 Å². The summed E-state index contributed by atoms with van der Waals surface area (Å²) < 4.78 is 12.4. The first-order chi connectivity index (χ1) is 12.4. The lowest BCUT2D eigenvalue weighted by Crippen LogP contribution is -2.32. The SMILES string of the molecule is Cc1c(C)c2cc(Cl)c3c(c2oc1=O)CN(c1ccc(Br)cc1Cl)CO3. The van der Waals surface area contributed by atoms with Crippen LogP contribution in [0.25, 0.3) is 11.0 Å². The minimum Gasteiger partial charge on any atom is -0.471 e. The molecule has 26 heavy (non-hydrogen) atoms. The molecule has 2 aromatic carbocycles. The summed E-state index contributed by atoms with van der Waals surface area (Å²) in [4.78, 5) is 14.2. The second-order valence-corrected chi connectivity index (χ2v) is 7.98. The predicted molar refractivity (Wildman–Crippen MR) is 108 cm³/mol. The van der Waals surface area contributed by atoms with Gasteiger partial charge in [0.2, 0.25) is 0 Å². The summed E-state index contributed by atoms with van der Waals surface area (Å²) in [6, 6.07) is 7.46. The Balaban J connectivity index is 1.90. The highest BCUT2D eigenvalue weighted by molar-refractivity contribution is 9.10.